The molecule has 1 heterocycles. The van der Waals surface area contributed by atoms with Crippen LogP contribution >= 0.6 is 0 Å². The first kappa shape index (κ1) is 10.8. The van der Waals surface area contributed by atoms with Crippen LogP contribution in [0.4, 0.5) is 0 Å². The minimum absolute atomic E-state index is 0.349. The molecule has 0 spiro atoms. The number of aryl methyl sites for hydroxylation is 1. The Morgan fingerprint density at radius 3 is 2.62 bits per heavy atom. The molecule has 2 N–H and O–H groups in total. The summed E-state index contributed by atoms with van der Waals surface area (Å²) >= 11 is 0. The lowest BCUT2D eigenvalue weighted by molar-refractivity contribution is 0.553. The molecule has 2 rings (SSSR count). The third kappa shape index (κ3) is 2.12. The summed E-state index contributed by atoms with van der Waals surface area (Å²) in [4.78, 5) is 1.62. The Morgan fingerprint density at radius 1 is 1.31 bits per heavy atom. The molecule has 0 saturated carbocycles. The molecule has 0 bridgehead atoms. The third-order valence-corrected chi connectivity index (χ3v) is 2.43. The summed E-state index contributed by atoms with van der Waals surface area (Å²) in [5.41, 5.74) is 8.61. The van der Waals surface area contributed by atoms with Gasteiger partial charge in [0.1, 0.15) is 0 Å². The molecule has 4 nitrogen and oxygen atoms in total. The van der Waals surface area contributed by atoms with Crippen LogP contribution in [-0.4, -0.2) is 15.0 Å². The van der Waals surface area contributed by atoms with Gasteiger partial charge in [0.05, 0.1) is 17.6 Å². The predicted molar refractivity (Wildman–Crippen MR) is 63.3 cm³/mol. The lowest BCUT2D eigenvalue weighted by Gasteiger charge is -2.19. The van der Waals surface area contributed by atoms with Gasteiger partial charge in [0.15, 0.2) is 0 Å². The number of rotatable bonds is 2. The summed E-state index contributed by atoms with van der Waals surface area (Å²) in [6.07, 6.45) is 1.74. The van der Waals surface area contributed by atoms with Crippen molar-refractivity contribution in [3.05, 3.63) is 41.7 Å². The van der Waals surface area contributed by atoms with Crippen LogP contribution in [0.1, 0.15) is 25.1 Å². The van der Waals surface area contributed by atoms with Crippen LogP contribution in [0, 0.1) is 6.92 Å². The monoisotopic (exact) mass is 216 g/mol. The molecule has 4 heteroatoms. The molecule has 0 saturated heterocycles. The zero-order chi connectivity index (χ0) is 11.8. The van der Waals surface area contributed by atoms with E-state index in [2.05, 4.69) is 10.2 Å². The zero-order valence-electron chi connectivity index (χ0n) is 9.81. The molecular formula is C12H16N4. The van der Waals surface area contributed by atoms with Gasteiger partial charge in [0.25, 0.3) is 0 Å². The second-order valence-electron chi connectivity index (χ2n) is 4.55. The molecule has 0 unspecified atom stereocenters. The molecule has 1 aromatic heterocycles. The van der Waals surface area contributed by atoms with Crippen molar-refractivity contribution in [1.82, 2.24) is 15.0 Å². The van der Waals surface area contributed by atoms with Crippen molar-refractivity contribution < 1.29 is 0 Å². The second kappa shape index (κ2) is 3.72. The van der Waals surface area contributed by atoms with Crippen molar-refractivity contribution in [2.24, 2.45) is 5.73 Å². The average molecular weight is 216 g/mol. The van der Waals surface area contributed by atoms with Crippen LogP contribution in [0.5, 0.6) is 0 Å². The van der Waals surface area contributed by atoms with Crippen molar-refractivity contribution in [3.8, 4) is 5.69 Å². The highest BCUT2D eigenvalue weighted by Gasteiger charge is 2.14. The summed E-state index contributed by atoms with van der Waals surface area (Å²) in [6, 6.07) is 7.96. The number of benzene rings is 1. The highest BCUT2D eigenvalue weighted by Crippen LogP contribution is 2.19. The summed E-state index contributed by atoms with van der Waals surface area (Å²) in [7, 11) is 0. The van der Waals surface area contributed by atoms with E-state index in [0.717, 1.165) is 16.9 Å². The zero-order valence-corrected chi connectivity index (χ0v) is 9.81. The number of nitrogens with two attached hydrogens (primary N) is 1. The van der Waals surface area contributed by atoms with Gasteiger partial charge in [-0.2, -0.15) is 15.0 Å². The van der Waals surface area contributed by atoms with E-state index in [1.165, 1.54) is 0 Å². The maximum atomic E-state index is 6.06. The first-order valence-corrected chi connectivity index (χ1v) is 5.25. The van der Waals surface area contributed by atoms with Gasteiger partial charge in [-0.3, -0.25) is 0 Å². The highest BCUT2D eigenvalue weighted by molar-refractivity contribution is 5.36. The van der Waals surface area contributed by atoms with Gasteiger partial charge in [-0.25, -0.2) is 0 Å². The predicted octanol–water partition coefficient (Wildman–Crippen LogP) is 1.77. The van der Waals surface area contributed by atoms with Crippen molar-refractivity contribution in [1.29, 1.82) is 0 Å². The molecule has 0 fully saturated rings. The van der Waals surface area contributed by atoms with E-state index >= 15 is 0 Å². The standard InChI is InChI=1S/C12H16N4/c1-9-8-14-16(15-9)11-6-4-5-10(7-11)12(2,3)13/h4-8H,13H2,1-3H3. The first-order chi connectivity index (χ1) is 7.47. The maximum absolute atomic E-state index is 6.06. The second-order valence-corrected chi connectivity index (χ2v) is 4.55. The molecule has 84 valence electrons. The van der Waals surface area contributed by atoms with E-state index in [1.807, 2.05) is 45.0 Å². The van der Waals surface area contributed by atoms with Crippen molar-refractivity contribution in [2.45, 2.75) is 26.3 Å². The summed E-state index contributed by atoms with van der Waals surface area (Å²) in [6.45, 7) is 5.88. The smallest absolute Gasteiger partial charge is 0.0860 e. The fourth-order valence-corrected chi connectivity index (χ4v) is 1.49. The molecule has 16 heavy (non-hydrogen) atoms. The normalized spacial score (nSPS) is 11.8. The van der Waals surface area contributed by atoms with Crippen molar-refractivity contribution in [2.75, 3.05) is 0 Å². The van der Waals surface area contributed by atoms with Gasteiger partial charge < -0.3 is 5.73 Å². The van der Waals surface area contributed by atoms with Gasteiger partial charge in [0.2, 0.25) is 0 Å². The fraction of sp³-hybridized carbons (Fsp3) is 0.333. The first-order valence-electron chi connectivity index (χ1n) is 5.25. The summed E-state index contributed by atoms with van der Waals surface area (Å²) in [5.74, 6) is 0. The molecule has 0 aliphatic rings. The number of hydrogen-bond acceptors (Lipinski definition) is 3. The molecule has 0 amide bonds. The van der Waals surface area contributed by atoms with Crippen LogP contribution in [0.3, 0.4) is 0 Å². The highest BCUT2D eigenvalue weighted by atomic mass is 15.5. The van der Waals surface area contributed by atoms with Crippen LogP contribution in [-0.2, 0) is 5.54 Å². The Labute approximate surface area is 95.1 Å². The van der Waals surface area contributed by atoms with Gasteiger partial charge in [-0.15, -0.1) is 0 Å². The fourth-order valence-electron chi connectivity index (χ4n) is 1.49. The molecule has 0 aliphatic carbocycles. The van der Waals surface area contributed by atoms with Gasteiger partial charge in [-0.1, -0.05) is 12.1 Å². The Hall–Kier alpha value is -1.68. The quantitative estimate of drug-likeness (QED) is 0.832. The summed E-state index contributed by atoms with van der Waals surface area (Å²) < 4.78 is 0. The topological polar surface area (TPSA) is 56.7 Å². The number of aromatic nitrogens is 3. The molecule has 0 aliphatic heterocycles. The van der Waals surface area contributed by atoms with E-state index in [1.54, 1.807) is 11.0 Å². The van der Waals surface area contributed by atoms with E-state index in [9.17, 15) is 0 Å². The summed E-state index contributed by atoms with van der Waals surface area (Å²) in [5, 5.41) is 8.44. The minimum Gasteiger partial charge on any atom is -0.322 e. The lowest BCUT2D eigenvalue weighted by Crippen LogP contribution is -2.28. The minimum atomic E-state index is -0.349. The Bertz CT molecular complexity index is 494. The Kier molecular flexibility index (Phi) is 2.52. The van der Waals surface area contributed by atoms with Crippen LogP contribution < -0.4 is 5.73 Å². The van der Waals surface area contributed by atoms with Gasteiger partial charge in [0, 0.05) is 5.54 Å². The van der Waals surface area contributed by atoms with Crippen LogP contribution in [0.2, 0.25) is 0 Å². The van der Waals surface area contributed by atoms with Crippen molar-refractivity contribution in [3.63, 3.8) is 0 Å². The van der Waals surface area contributed by atoms with Gasteiger partial charge >= 0.3 is 0 Å². The Morgan fingerprint density at radius 2 is 2.06 bits per heavy atom. The number of nitrogens with zero attached hydrogens (tertiary/aromatic N) is 3. The van der Waals surface area contributed by atoms with Crippen molar-refractivity contribution >= 4 is 0 Å². The molecule has 0 radical (unpaired) electrons. The largest absolute Gasteiger partial charge is 0.322 e. The van der Waals surface area contributed by atoms with Crippen LogP contribution in [0.25, 0.3) is 5.69 Å². The lowest BCUT2D eigenvalue weighted by atomic mass is 9.95. The maximum Gasteiger partial charge on any atom is 0.0860 e. The molecule has 2 aromatic rings. The number of hydrogen-bond donors (Lipinski definition) is 1. The molecule has 0 atom stereocenters. The molecule has 1 aromatic carbocycles. The van der Waals surface area contributed by atoms with E-state index < -0.39 is 0 Å². The van der Waals surface area contributed by atoms with E-state index in [4.69, 9.17) is 5.73 Å². The molecular weight excluding hydrogens is 200 g/mol. The van der Waals surface area contributed by atoms with Gasteiger partial charge in [-0.05, 0) is 38.5 Å². The SMILES string of the molecule is Cc1cnn(-c2cccc(C(C)(C)N)c2)n1. The van der Waals surface area contributed by atoms with E-state index in [-0.39, 0.29) is 5.54 Å². The Balaban J connectivity index is 2.44. The van der Waals surface area contributed by atoms with Crippen LogP contribution in [0.15, 0.2) is 30.5 Å². The van der Waals surface area contributed by atoms with E-state index in [0.29, 0.717) is 0 Å². The third-order valence-electron chi connectivity index (χ3n) is 2.43. The average Bonchev–Trinajstić information content (AvgIpc) is 2.64.